The van der Waals surface area contributed by atoms with Crippen LogP contribution >= 0.6 is 0 Å². The molecule has 0 spiro atoms. The highest BCUT2D eigenvalue weighted by molar-refractivity contribution is 7.89. The van der Waals surface area contributed by atoms with Gasteiger partial charge in [-0.25, -0.2) is 8.42 Å². The molecule has 0 bridgehead atoms. The Morgan fingerprint density at radius 3 is 2.03 bits per heavy atom. The minimum Gasteiger partial charge on any atom is -0.480 e. The molecule has 1 amide bonds. The van der Waals surface area contributed by atoms with Gasteiger partial charge in [0.15, 0.2) is 0 Å². The quantitative estimate of drug-likeness (QED) is 0.575. The maximum absolute atomic E-state index is 13.7. The van der Waals surface area contributed by atoms with E-state index in [1.807, 2.05) is 31.2 Å². The Morgan fingerprint density at radius 2 is 1.53 bits per heavy atom. The molecule has 9 nitrogen and oxygen atoms in total. The van der Waals surface area contributed by atoms with Crippen molar-refractivity contribution >= 4 is 21.9 Å². The Balaban J connectivity index is 1.92. The van der Waals surface area contributed by atoms with Crippen LogP contribution < -0.4 is 4.74 Å². The van der Waals surface area contributed by atoms with Crippen LogP contribution in [0.15, 0.2) is 53.4 Å². The highest BCUT2D eigenvalue weighted by Crippen LogP contribution is 2.34. The average Bonchev–Trinajstić information content (AvgIpc) is 2.81. The molecule has 34 heavy (non-hydrogen) atoms. The minimum absolute atomic E-state index is 0.00760. The zero-order chi connectivity index (χ0) is 24.9. The van der Waals surface area contributed by atoms with Gasteiger partial charge in [-0.3, -0.25) is 9.59 Å². The average molecular weight is 491 g/mol. The second kappa shape index (κ2) is 10.5. The smallest absolute Gasteiger partial charge is 0.325 e. The van der Waals surface area contributed by atoms with Crippen molar-refractivity contribution in [3.8, 4) is 11.5 Å². The van der Waals surface area contributed by atoms with Gasteiger partial charge in [-0.2, -0.15) is 4.31 Å². The lowest BCUT2D eigenvalue weighted by Gasteiger charge is -2.41. The molecule has 0 atom stereocenters. The Hall–Kier alpha value is -2.95. The molecule has 1 saturated heterocycles. The van der Waals surface area contributed by atoms with Crippen LogP contribution in [0.5, 0.6) is 11.5 Å². The number of benzene rings is 2. The first kappa shape index (κ1) is 25.7. The molecule has 1 aliphatic rings. The molecule has 0 aliphatic carbocycles. The summed E-state index contributed by atoms with van der Waals surface area (Å²) in [5.41, 5.74) is -0.608. The first-order chi connectivity index (χ1) is 16.1. The van der Waals surface area contributed by atoms with E-state index in [4.69, 9.17) is 9.47 Å². The van der Waals surface area contributed by atoms with E-state index in [9.17, 15) is 23.1 Å². The summed E-state index contributed by atoms with van der Waals surface area (Å²) in [6, 6.07) is 13.2. The highest BCUT2D eigenvalue weighted by Gasteiger charge is 2.51. The topological polar surface area (TPSA) is 113 Å². The third-order valence-corrected chi connectivity index (χ3v) is 7.87. The molecule has 10 heteroatoms. The van der Waals surface area contributed by atoms with Crippen LogP contribution in [0.2, 0.25) is 0 Å². The summed E-state index contributed by atoms with van der Waals surface area (Å²) < 4.78 is 39.4. The van der Waals surface area contributed by atoms with Crippen molar-refractivity contribution in [2.75, 3.05) is 33.9 Å². The van der Waals surface area contributed by atoms with E-state index in [1.165, 1.54) is 29.2 Å². The van der Waals surface area contributed by atoms with Crippen molar-refractivity contribution in [3.05, 3.63) is 54.1 Å². The van der Waals surface area contributed by atoms with Crippen molar-refractivity contribution in [1.82, 2.24) is 9.21 Å². The highest BCUT2D eigenvalue weighted by atomic mass is 32.2. The summed E-state index contributed by atoms with van der Waals surface area (Å²) >= 11 is 0. The minimum atomic E-state index is -4.25. The number of rotatable bonds is 9. The molecule has 1 fully saturated rings. The molecule has 0 unspecified atom stereocenters. The van der Waals surface area contributed by atoms with Gasteiger partial charge >= 0.3 is 5.97 Å². The lowest BCUT2D eigenvalue weighted by atomic mass is 9.90. The number of nitrogens with zero attached hydrogens (tertiary/aromatic N) is 2. The zero-order valence-electron chi connectivity index (χ0n) is 19.6. The number of sulfonamides is 1. The molecule has 3 rings (SSSR count). The molecule has 2 aromatic rings. The number of aryl methyl sites for hydroxylation is 1. The molecular formula is C24H30N2O7S. The monoisotopic (exact) mass is 490 g/mol. The maximum atomic E-state index is 13.7. The Morgan fingerprint density at radius 1 is 1.00 bits per heavy atom. The molecule has 2 aromatic carbocycles. The van der Waals surface area contributed by atoms with Gasteiger partial charge in [-0.15, -0.1) is 0 Å². The van der Waals surface area contributed by atoms with Gasteiger partial charge in [0.2, 0.25) is 15.9 Å². The van der Waals surface area contributed by atoms with Crippen LogP contribution in [0.25, 0.3) is 0 Å². The van der Waals surface area contributed by atoms with Crippen LogP contribution in [0.1, 0.15) is 24.8 Å². The fourth-order valence-corrected chi connectivity index (χ4v) is 5.60. The molecule has 1 aliphatic heterocycles. The molecule has 0 saturated carbocycles. The summed E-state index contributed by atoms with van der Waals surface area (Å²) in [4.78, 5) is 25.9. The van der Waals surface area contributed by atoms with E-state index >= 15 is 0 Å². The number of hydrogen-bond acceptors (Lipinski definition) is 6. The molecule has 0 radical (unpaired) electrons. The summed E-state index contributed by atoms with van der Waals surface area (Å²) in [6.45, 7) is 1.93. The largest absolute Gasteiger partial charge is 0.480 e. The second-order valence-electron chi connectivity index (χ2n) is 8.45. The van der Waals surface area contributed by atoms with E-state index in [1.54, 1.807) is 14.1 Å². The molecular weight excluding hydrogens is 460 g/mol. The number of ether oxygens (including phenoxy) is 2. The van der Waals surface area contributed by atoms with E-state index in [2.05, 4.69) is 0 Å². The third kappa shape index (κ3) is 5.57. The van der Waals surface area contributed by atoms with Gasteiger partial charge in [0, 0.05) is 53.1 Å². The van der Waals surface area contributed by atoms with Crippen LogP contribution in [0, 0.1) is 6.92 Å². The van der Waals surface area contributed by atoms with Crippen LogP contribution in [-0.4, -0.2) is 74.0 Å². The molecule has 1 heterocycles. The van der Waals surface area contributed by atoms with Gasteiger partial charge in [-0.05, 0) is 43.3 Å². The predicted molar refractivity (Wildman–Crippen MR) is 125 cm³/mol. The fraction of sp³-hybridized carbons (Fsp3) is 0.417. The molecule has 0 aromatic heterocycles. The molecule has 184 valence electrons. The number of amides is 1. The number of carboxylic acids is 1. The number of carboxylic acid groups (broad SMARTS) is 1. The van der Waals surface area contributed by atoms with E-state index in [0.29, 0.717) is 11.5 Å². The zero-order valence-corrected chi connectivity index (χ0v) is 20.4. The van der Waals surface area contributed by atoms with Gasteiger partial charge in [-0.1, -0.05) is 17.7 Å². The summed E-state index contributed by atoms with van der Waals surface area (Å²) in [6.07, 6.45) is -0.157. The van der Waals surface area contributed by atoms with E-state index < -0.39 is 21.5 Å². The summed E-state index contributed by atoms with van der Waals surface area (Å²) in [7, 11) is -1.12. The van der Waals surface area contributed by atoms with Crippen molar-refractivity contribution in [2.24, 2.45) is 0 Å². The lowest BCUT2D eigenvalue weighted by molar-refractivity contribution is -0.154. The lowest BCUT2D eigenvalue weighted by Crippen LogP contribution is -2.60. The third-order valence-electron chi connectivity index (χ3n) is 5.89. The van der Waals surface area contributed by atoms with E-state index in [-0.39, 0.29) is 49.8 Å². The van der Waals surface area contributed by atoms with Gasteiger partial charge in [0.25, 0.3) is 0 Å². The molecule has 1 N–H and O–H groups in total. The van der Waals surface area contributed by atoms with Gasteiger partial charge in [0.05, 0.1) is 4.90 Å². The number of hydrogen-bond donors (Lipinski definition) is 1. The van der Waals surface area contributed by atoms with E-state index in [0.717, 1.165) is 9.87 Å². The Kier molecular flexibility index (Phi) is 7.96. The van der Waals surface area contributed by atoms with Crippen LogP contribution in [0.3, 0.4) is 0 Å². The Labute approximate surface area is 199 Å². The van der Waals surface area contributed by atoms with Gasteiger partial charge in [0.1, 0.15) is 17.0 Å². The Bertz CT molecular complexity index is 1110. The van der Waals surface area contributed by atoms with Crippen molar-refractivity contribution in [1.29, 1.82) is 0 Å². The van der Waals surface area contributed by atoms with Crippen LogP contribution in [0.4, 0.5) is 0 Å². The maximum Gasteiger partial charge on any atom is 0.325 e. The van der Waals surface area contributed by atoms with Crippen molar-refractivity contribution < 1.29 is 32.6 Å². The number of carbonyl (C=O) groups is 2. The summed E-state index contributed by atoms with van der Waals surface area (Å²) in [5.74, 6) is -0.501. The predicted octanol–water partition coefficient (Wildman–Crippen LogP) is 2.89. The van der Waals surface area contributed by atoms with Crippen molar-refractivity contribution in [3.63, 3.8) is 0 Å². The number of aliphatic carboxylic acids is 1. The fourth-order valence-electron chi connectivity index (χ4n) is 3.81. The standard InChI is InChI=1S/C24H30N2O7S/c1-18-4-6-19(7-5-18)33-20-8-10-21(11-9-20)34(30,31)26(15-12-22(27)25(2)3)24(23(28)29)13-16-32-17-14-24/h4-11H,12-17H2,1-3H3,(H,28,29). The SMILES string of the molecule is Cc1ccc(Oc2ccc(S(=O)(=O)N(CCC(=O)N(C)C)C3(C(=O)O)CCOCC3)cc2)cc1. The second-order valence-corrected chi connectivity index (χ2v) is 10.3. The van der Waals surface area contributed by atoms with Gasteiger partial charge < -0.3 is 19.5 Å². The van der Waals surface area contributed by atoms with Crippen molar-refractivity contribution in [2.45, 2.75) is 36.6 Å². The summed E-state index contributed by atoms with van der Waals surface area (Å²) in [5, 5.41) is 10.1. The first-order valence-electron chi connectivity index (χ1n) is 10.9. The first-order valence-corrected chi connectivity index (χ1v) is 12.4. The number of carbonyl (C=O) groups excluding carboxylic acids is 1. The normalized spacial score (nSPS) is 15.6. The van der Waals surface area contributed by atoms with Crippen LogP contribution in [-0.2, 0) is 24.3 Å².